The van der Waals surface area contributed by atoms with Crippen LogP contribution in [0.3, 0.4) is 0 Å². The maximum Gasteiger partial charge on any atom is 0.371 e. The topological polar surface area (TPSA) is 82.8 Å². The van der Waals surface area contributed by atoms with Crippen LogP contribution >= 0.6 is 0 Å². The molecule has 0 atom stereocenters. The highest BCUT2D eigenvalue weighted by Gasteiger charge is 2.14. The largest absolute Gasteiger partial charge is 0.475 e. The van der Waals surface area contributed by atoms with Crippen LogP contribution in [0.4, 0.5) is 0 Å². The molecule has 1 aromatic heterocycles. The van der Waals surface area contributed by atoms with Gasteiger partial charge in [-0.05, 0) is 45.6 Å². The zero-order valence-corrected chi connectivity index (χ0v) is 10.6. The minimum Gasteiger partial charge on any atom is -0.475 e. The number of carboxylic acids is 1. The zero-order chi connectivity index (χ0) is 13.5. The average Bonchev–Trinajstić information content (AvgIpc) is 2.77. The Morgan fingerprint density at radius 3 is 2.50 bits per heavy atom. The third-order valence-electron chi connectivity index (χ3n) is 2.36. The van der Waals surface area contributed by atoms with Gasteiger partial charge < -0.3 is 19.7 Å². The van der Waals surface area contributed by atoms with Crippen LogP contribution in [0.5, 0.6) is 0 Å². The van der Waals surface area contributed by atoms with Crippen molar-refractivity contribution in [3.63, 3.8) is 0 Å². The van der Waals surface area contributed by atoms with Gasteiger partial charge in [-0.3, -0.25) is 4.79 Å². The molecule has 0 fully saturated rings. The third-order valence-corrected chi connectivity index (χ3v) is 2.36. The Balaban J connectivity index is 2.30. The lowest BCUT2D eigenvalue weighted by molar-refractivity contribution is 0.0659. The zero-order valence-electron chi connectivity index (χ0n) is 10.6. The first-order valence-corrected chi connectivity index (χ1v) is 5.76. The molecule has 6 nitrogen and oxygen atoms in total. The number of nitrogens with one attached hydrogen (secondary N) is 1. The molecule has 0 radical (unpaired) electrons. The summed E-state index contributed by atoms with van der Waals surface area (Å²) in [4.78, 5) is 24.2. The molecule has 0 saturated heterocycles. The number of unbranched alkanes of at least 4 members (excludes halogenated alkanes) is 1. The van der Waals surface area contributed by atoms with Crippen LogP contribution in [0.15, 0.2) is 16.5 Å². The second-order valence-electron chi connectivity index (χ2n) is 4.24. The Labute approximate surface area is 106 Å². The van der Waals surface area contributed by atoms with E-state index in [4.69, 9.17) is 9.52 Å². The Bertz CT molecular complexity index is 412. The fourth-order valence-electron chi connectivity index (χ4n) is 1.42. The summed E-state index contributed by atoms with van der Waals surface area (Å²) in [6.45, 7) is 1.52. The van der Waals surface area contributed by atoms with Gasteiger partial charge in [0.25, 0.3) is 5.91 Å². The van der Waals surface area contributed by atoms with E-state index in [1.165, 1.54) is 12.1 Å². The molecule has 6 heteroatoms. The number of hydrogen-bond donors (Lipinski definition) is 2. The molecule has 0 aliphatic rings. The molecule has 0 aliphatic carbocycles. The Morgan fingerprint density at radius 2 is 1.94 bits per heavy atom. The maximum absolute atomic E-state index is 11.6. The standard InChI is InChI=1S/C12H18N2O4/c1-14(2)8-4-3-7-13-11(15)9-5-6-10(18-9)12(16)17/h5-6H,3-4,7-8H2,1-2H3,(H,13,15)(H,16,17). The van der Waals surface area contributed by atoms with E-state index < -0.39 is 5.97 Å². The van der Waals surface area contributed by atoms with Crippen molar-refractivity contribution in [3.05, 3.63) is 23.7 Å². The summed E-state index contributed by atoms with van der Waals surface area (Å²) >= 11 is 0. The summed E-state index contributed by atoms with van der Waals surface area (Å²) < 4.78 is 4.88. The number of carbonyl (C=O) groups is 2. The van der Waals surface area contributed by atoms with Crippen molar-refractivity contribution in [1.29, 1.82) is 0 Å². The summed E-state index contributed by atoms with van der Waals surface area (Å²) in [5.74, 6) is -1.76. The van der Waals surface area contributed by atoms with Gasteiger partial charge in [-0.15, -0.1) is 0 Å². The number of nitrogens with zero attached hydrogens (tertiary/aromatic N) is 1. The van der Waals surface area contributed by atoms with Crippen molar-refractivity contribution >= 4 is 11.9 Å². The van der Waals surface area contributed by atoms with Crippen molar-refractivity contribution in [2.45, 2.75) is 12.8 Å². The quantitative estimate of drug-likeness (QED) is 0.711. The van der Waals surface area contributed by atoms with Crippen LogP contribution in [-0.4, -0.2) is 49.1 Å². The first-order chi connectivity index (χ1) is 8.50. The van der Waals surface area contributed by atoms with Crippen LogP contribution in [0.2, 0.25) is 0 Å². The average molecular weight is 254 g/mol. The highest BCUT2D eigenvalue weighted by Crippen LogP contribution is 2.07. The molecule has 0 unspecified atom stereocenters. The molecule has 1 aromatic rings. The lowest BCUT2D eigenvalue weighted by atomic mass is 10.3. The van der Waals surface area contributed by atoms with Crippen molar-refractivity contribution in [3.8, 4) is 0 Å². The van der Waals surface area contributed by atoms with Gasteiger partial charge in [-0.1, -0.05) is 0 Å². The van der Waals surface area contributed by atoms with Crippen molar-refractivity contribution in [1.82, 2.24) is 10.2 Å². The monoisotopic (exact) mass is 254 g/mol. The molecule has 1 rings (SSSR count). The minimum absolute atomic E-state index is 0.0278. The predicted octanol–water partition coefficient (Wildman–Crippen LogP) is 1.05. The maximum atomic E-state index is 11.6. The fraction of sp³-hybridized carbons (Fsp3) is 0.500. The van der Waals surface area contributed by atoms with Crippen molar-refractivity contribution < 1.29 is 19.1 Å². The van der Waals surface area contributed by atoms with E-state index in [0.29, 0.717) is 6.54 Å². The lowest BCUT2D eigenvalue weighted by Gasteiger charge is -2.08. The van der Waals surface area contributed by atoms with E-state index in [1.54, 1.807) is 0 Å². The number of rotatable bonds is 7. The number of amides is 1. The Morgan fingerprint density at radius 1 is 1.28 bits per heavy atom. The van der Waals surface area contributed by atoms with Gasteiger partial charge in [0, 0.05) is 6.54 Å². The van der Waals surface area contributed by atoms with Crippen molar-refractivity contribution in [2.24, 2.45) is 0 Å². The third kappa shape index (κ3) is 4.58. The van der Waals surface area contributed by atoms with Gasteiger partial charge >= 0.3 is 5.97 Å². The van der Waals surface area contributed by atoms with E-state index >= 15 is 0 Å². The minimum atomic E-state index is -1.18. The number of carbonyl (C=O) groups excluding carboxylic acids is 1. The van der Waals surface area contributed by atoms with E-state index in [1.807, 2.05) is 14.1 Å². The second-order valence-corrected chi connectivity index (χ2v) is 4.24. The number of carboxylic acid groups (broad SMARTS) is 1. The summed E-state index contributed by atoms with van der Waals surface area (Å²) in [5.41, 5.74) is 0. The Kier molecular flexibility index (Phi) is 5.38. The SMILES string of the molecule is CN(C)CCCCNC(=O)c1ccc(C(=O)O)o1. The molecule has 0 saturated carbocycles. The molecule has 18 heavy (non-hydrogen) atoms. The van der Waals surface area contributed by atoms with E-state index in [9.17, 15) is 9.59 Å². The molecule has 0 aromatic carbocycles. The van der Waals surface area contributed by atoms with Gasteiger partial charge in [0.05, 0.1) is 0 Å². The molecule has 1 heterocycles. The predicted molar refractivity (Wildman–Crippen MR) is 65.8 cm³/mol. The second kappa shape index (κ2) is 6.80. The van der Waals surface area contributed by atoms with Crippen LogP contribution in [-0.2, 0) is 0 Å². The molecule has 2 N–H and O–H groups in total. The molecule has 0 spiro atoms. The molecular formula is C12H18N2O4. The van der Waals surface area contributed by atoms with Crippen LogP contribution in [0, 0.1) is 0 Å². The van der Waals surface area contributed by atoms with Crippen LogP contribution in [0.25, 0.3) is 0 Å². The highest BCUT2D eigenvalue weighted by molar-refractivity contribution is 5.93. The van der Waals surface area contributed by atoms with Gasteiger partial charge in [-0.2, -0.15) is 0 Å². The molecular weight excluding hydrogens is 236 g/mol. The smallest absolute Gasteiger partial charge is 0.371 e. The highest BCUT2D eigenvalue weighted by atomic mass is 16.4. The van der Waals surface area contributed by atoms with E-state index in [0.717, 1.165) is 19.4 Å². The summed E-state index contributed by atoms with van der Waals surface area (Å²) in [7, 11) is 3.99. The molecule has 0 aliphatic heterocycles. The van der Waals surface area contributed by atoms with Gasteiger partial charge in [-0.25, -0.2) is 4.79 Å². The Hall–Kier alpha value is -1.82. The van der Waals surface area contributed by atoms with Gasteiger partial charge in [0.15, 0.2) is 5.76 Å². The molecule has 100 valence electrons. The van der Waals surface area contributed by atoms with Gasteiger partial charge in [0.1, 0.15) is 0 Å². The summed E-state index contributed by atoms with van der Waals surface area (Å²) in [5, 5.41) is 11.3. The molecule has 1 amide bonds. The first-order valence-electron chi connectivity index (χ1n) is 5.76. The van der Waals surface area contributed by atoms with Crippen molar-refractivity contribution in [2.75, 3.05) is 27.2 Å². The fourth-order valence-corrected chi connectivity index (χ4v) is 1.42. The molecule has 0 bridgehead atoms. The van der Waals surface area contributed by atoms with Crippen LogP contribution in [0.1, 0.15) is 34.0 Å². The number of hydrogen-bond acceptors (Lipinski definition) is 4. The first kappa shape index (κ1) is 14.2. The number of aromatic carboxylic acids is 1. The number of furan rings is 1. The lowest BCUT2D eigenvalue weighted by Crippen LogP contribution is -2.24. The summed E-state index contributed by atoms with van der Waals surface area (Å²) in [6, 6.07) is 2.63. The van der Waals surface area contributed by atoms with E-state index in [-0.39, 0.29) is 17.4 Å². The van der Waals surface area contributed by atoms with Crippen LogP contribution < -0.4 is 5.32 Å². The summed E-state index contributed by atoms with van der Waals surface area (Å²) in [6.07, 6.45) is 1.86. The van der Waals surface area contributed by atoms with E-state index in [2.05, 4.69) is 10.2 Å². The normalized spacial score (nSPS) is 10.6. The van der Waals surface area contributed by atoms with Gasteiger partial charge in [0.2, 0.25) is 5.76 Å².